The highest BCUT2D eigenvalue weighted by atomic mass is 32.2. The van der Waals surface area contributed by atoms with Gasteiger partial charge in [-0.2, -0.15) is 0 Å². The number of methoxy groups -OCH3 is 1. The van der Waals surface area contributed by atoms with Crippen LogP contribution >= 0.6 is 0 Å². The Labute approximate surface area is 171 Å². The molecule has 4 nitrogen and oxygen atoms in total. The van der Waals surface area contributed by atoms with Crippen molar-refractivity contribution >= 4 is 10.0 Å². The molecule has 0 spiro atoms. The van der Waals surface area contributed by atoms with E-state index in [1.165, 1.54) is 3.97 Å². The van der Waals surface area contributed by atoms with Gasteiger partial charge in [-0.05, 0) is 42.3 Å². The summed E-state index contributed by atoms with van der Waals surface area (Å²) in [5.41, 5.74) is 4.58. The summed E-state index contributed by atoms with van der Waals surface area (Å²) in [6.45, 7) is 1.93. The predicted molar refractivity (Wildman–Crippen MR) is 116 cm³/mol. The summed E-state index contributed by atoms with van der Waals surface area (Å²) >= 11 is 0. The summed E-state index contributed by atoms with van der Waals surface area (Å²) in [5.74, 6) is 0.752. The van der Waals surface area contributed by atoms with Crippen molar-refractivity contribution < 1.29 is 13.2 Å². The highest BCUT2D eigenvalue weighted by Gasteiger charge is 2.20. The normalized spacial score (nSPS) is 11.4. The molecule has 29 heavy (non-hydrogen) atoms. The first-order valence-corrected chi connectivity index (χ1v) is 10.7. The maximum absolute atomic E-state index is 13.2. The number of aromatic nitrogens is 1. The van der Waals surface area contributed by atoms with Crippen LogP contribution in [0.25, 0.3) is 22.3 Å². The first-order valence-electron chi connectivity index (χ1n) is 9.23. The maximum Gasteiger partial charge on any atom is 0.267 e. The Morgan fingerprint density at radius 3 is 1.83 bits per heavy atom. The Balaban J connectivity index is 1.88. The number of nitrogens with zero attached hydrogens (tertiary/aromatic N) is 1. The summed E-state index contributed by atoms with van der Waals surface area (Å²) in [7, 11) is -2.07. The van der Waals surface area contributed by atoms with Crippen LogP contribution in [0, 0.1) is 6.92 Å². The van der Waals surface area contributed by atoms with Crippen LogP contribution in [0.1, 0.15) is 5.56 Å². The van der Waals surface area contributed by atoms with Crippen molar-refractivity contribution in [3.8, 4) is 28.0 Å². The molecule has 4 aromatic rings. The molecule has 3 aromatic carbocycles. The van der Waals surface area contributed by atoms with Gasteiger partial charge in [0.25, 0.3) is 10.0 Å². The molecule has 0 saturated carbocycles. The number of hydrogen-bond acceptors (Lipinski definition) is 3. The van der Waals surface area contributed by atoms with Crippen molar-refractivity contribution in [3.63, 3.8) is 0 Å². The van der Waals surface area contributed by atoms with E-state index < -0.39 is 10.0 Å². The largest absolute Gasteiger partial charge is 0.497 e. The summed E-state index contributed by atoms with van der Waals surface area (Å²) in [6, 6.07) is 24.3. The molecule has 0 aliphatic carbocycles. The van der Waals surface area contributed by atoms with E-state index >= 15 is 0 Å². The van der Waals surface area contributed by atoms with Crippen molar-refractivity contribution in [2.75, 3.05) is 7.11 Å². The van der Waals surface area contributed by atoms with Crippen LogP contribution in [-0.4, -0.2) is 19.5 Å². The van der Waals surface area contributed by atoms with Crippen molar-refractivity contribution in [1.29, 1.82) is 0 Å². The van der Waals surface area contributed by atoms with Crippen LogP contribution < -0.4 is 4.74 Å². The molecule has 0 N–H and O–H groups in total. The molecule has 0 bridgehead atoms. The summed E-state index contributed by atoms with van der Waals surface area (Å²) in [4.78, 5) is 0.263. The fourth-order valence-corrected chi connectivity index (χ4v) is 4.46. The number of hydrogen-bond donors (Lipinski definition) is 0. The smallest absolute Gasteiger partial charge is 0.267 e. The quantitative estimate of drug-likeness (QED) is 0.450. The van der Waals surface area contributed by atoms with E-state index in [9.17, 15) is 8.42 Å². The zero-order valence-corrected chi connectivity index (χ0v) is 17.1. The van der Waals surface area contributed by atoms with Crippen molar-refractivity contribution in [2.45, 2.75) is 11.8 Å². The van der Waals surface area contributed by atoms with Crippen molar-refractivity contribution in [1.82, 2.24) is 3.97 Å². The lowest BCUT2D eigenvalue weighted by atomic mass is 9.99. The highest BCUT2D eigenvalue weighted by molar-refractivity contribution is 7.90. The van der Waals surface area contributed by atoms with Gasteiger partial charge in [-0.25, -0.2) is 12.4 Å². The van der Waals surface area contributed by atoms with Gasteiger partial charge >= 0.3 is 0 Å². The second-order valence-corrected chi connectivity index (χ2v) is 8.67. The minimum absolute atomic E-state index is 0.263. The lowest BCUT2D eigenvalue weighted by Crippen LogP contribution is -2.10. The van der Waals surface area contributed by atoms with E-state index in [1.807, 2.05) is 61.5 Å². The number of rotatable bonds is 5. The van der Waals surface area contributed by atoms with E-state index in [0.29, 0.717) is 0 Å². The molecule has 0 radical (unpaired) electrons. The van der Waals surface area contributed by atoms with E-state index in [4.69, 9.17) is 4.74 Å². The average Bonchev–Trinajstić information content (AvgIpc) is 3.21. The van der Waals surface area contributed by atoms with Gasteiger partial charge in [0.1, 0.15) is 5.75 Å². The van der Waals surface area contributed by atoms with E-state index in [-0.39, 0.29) is 4.90 Å². The van der Waals surface area contributed by atoms with E-state index in [1.54, 1.807) is 43.8 Å². The van der Waals surface area contributed by atoms with Crippen LogP contribution in [0.5, 0.6) is 5.75 Å². The van der Waals surface area contributed by atoms with Crippen molar-refractivity contribution in [2.24, 2.45) is 0 Å². The molecule has 0 unspecified atom stereocenters. The SMILES string of the molecule is COc1ccc(-c2cn(S(=O)(=O)c3ccc(C)cc3)cc2-c2ccccc2)cc1. The lowest BCUT2D eigenvalue weighted by Gasteiger charge is -2.06. The number of aryl methyl sites for hydroxylation is 1. The van der Waals surface area contributed by atoms with Crippen LogP contribution in [0.4, 0.5) is 0 Å². The van der Waals surface area contributed by atoms with Gasteiger partial charge in [0.2, 0.25) is 0 Å². The fourth-order valence-electron chi connectivity index (χ4n) is 3.25. The van der Waals surface area contributed by atoms with E-state index in [0.717, 1.165) is 33.6 Å². The Kier molecular flexibility index (Phi) is 4.99. The molecular weight excluding hydrogens is 382 g/mol. The predicted octanol–water partition coefficient (Wildman–Crippen LogP) is 5.38. The van der Waals surface area contributed by atoms with Gasteiger partial charge < -0.3 is 4.74 Å². The molecule has 0 aliphatic rings. The highest BCUT2D eigenvalue weighted by Crippen LogP contribution is 2.35. The molecule has 0 aliphatic heterocycles. The third kappa shape index (κ3) is 3.69. The second-order valence-electron chi connectivity index (χ2n) is 6.83. The van der Waals surface area contributed by atoms with Gasteiger partial charge in [0.15, 0.2) is 0 Å². The molecule has 5 heteroatoms. The van der Waals surface area contributed by atoms with Gasteiger partial charge in [-0.3, -0.25) is 0 Å². The monoisotopic (exact) mass is 403 g/mol. The molecule has 4 rings (SSSR count). The zero-order valence-electron chi connectivity index (χ0n) is 16.2. The topological polar surface area (TPSA) is 48.3 Å². The Hall–Kier alpha value is -3.31. The fraction of sp³-hybridized carbons (Fsp3) is 0.0833. The molecule has 0 saturated heterocycles. The van der Waals surface area contributed by atoms with Crippen LogP contribution in [0.3, 0.4) is 0 Å². The molecule has 0 atom stereocenters. The van der Waals surface area contributed by atoms with Crippen LogP contribution in [0.15, 0.2) is 96.2 Å². The summed E-state index contributed by atoms with van der Waals surface area (Å²) < 4.78 is 33.0. The van der Waals surface area contributed by atoms with Crippen molar-refractivity contribution in [3.05, 3.63) is 96.8 Å². The first-order chi connectivity index (χ1) is 14.0. The third-order valence-corrected chi connectivity index (χ3v) is 6.52. The first kappa shape index (κ1) is 19.0. The number of benzene rings is 3. The van der Waals surface area contributed by atoms with Gasteiger partial charge in [0, 0.05) is 23.5 Å². The van der Waals surface area contributed by atoms with Gasteiger partial charge in [-0.15, -0.1) is 0 Å². The average molecular weight is 404 g/mol. The van der Waals surface area contributed by atoms with E-state index in [2.05, 4.69) is 0 Å². The van der Waals surface area contributed by atoms with Gasteiger partial charge in [-0.1, -0.05) is 60.2 Å². The molecule has 1 heterocycles. The third-order valence-electron chi connectivity index (χ3n) is 4.89. The minimum atomic E-state index is -3.69. The summed E-state index contributed by atoms with van der Waals surface area (Å²) in [5, 5.41) is 0. The molecular formula is C24H21NO3S. The van der Waals surface area contributed by atoms with Crippen LogP contribution in [-0.2, 0) is 10.0 Å². The van der Waals surface area contributed by atoms with Gasteiger partial charge in [0.05, 0.1) is 12.0 Å². The van der Waals surface area contributed by atoms with Crippen LogP contribution in [0.2, 0.25) is 0 Å². The molecule has 0 amide bonds. The standard InChI is InChI=1S/C24H21NO3S/c1-18-8-14-22(15-9-18)29(26,27)25-16-23(19-6-4-3-5-7-19)24(17-25)20-10-12-21(28-2)13-11-20/h3-17H,1-2H3. The summed E-state index contributed by atoms with van der Waals surface area (Å²) in [6.07, 6.45) is 3.36. The Morgan fingerprint density at radius 1 is 0.724 bits per heavy atom. The molecule has 1 aromatic heterocycles. The Bertz CT molecular complexity index is 1220. The number of ether oxygens (including phenoxy) is 1. The Morgan fingerprint density at radius 2 is 1.28 bits per heavy atom. The zero-order chi connectivity index (χ0) is 20.4. The maximum atomic E-state index is 13.2. The minimum Gasteiger partial charge on any atom is -0.497 e. The lowest BCUT2D eigenvalue weighted by molar-refractivity contribution is 0.415. The second kappa shape index (κ2) is 7.60. The molecule has 146 valence electrons. The molecule has 0 fully saturated rings.